The van der Waals surface area contributed by atoms with Crippen LogP contribution in [0.2, 0.25) is 0 Å². The lowest BCUT2D eigenvalue weighted by molar-refractivity contribution is -0.384. The number of ether oxygens (including phenoxy) is 2. The molecule has 1 aliphatic heterocycles. The average molecular weight is 399 g/mol. The lowest BCUT2D eigenvalue weighted by Crippen LogP contribution is -2.50. The molecule has 3 rings (SSSR count). The fourth-order valence-corrected chi connectivity index (χ4v) is 3.17. The van der Waals surface area contributed by atoms with Crippen molar-refractivity contribution in [1.82, 2.24) is 4.90 Å². The summed E-state index contributed by atoms with van der Waals surface area (Å²) in [4.78, 5) is 27.0. The number of nitrogens with zero attached hydrogens (tertiary/aromatic N) is 3. The van der Waals surface area contributed by atoms with Gasteiger partial charge >= 0.3 is 0 Å². The molecule has 2 aromatic carbocycles. The quantitative estimate of drug-likeness (QED) is 0.501. The Morgan fingerprint density at radius 2 is 1.62 bits per heavy atom. The zero-order chi connectivity index (χ0) is 20.6. The predicted molar refractivity (Wildman–Crippen MR) is 110 cm³/mol. The van der Waals surface area contributed by atoms with Gasteiger partial charge in [-0.25, -0.2) is 0 Å². The predicted octanol–water partition coefficient (Wildman–Crippen LogP) is 3.11. The Balaban J connectivity index is 1.48. The molecule has 0 unspecified atom stereocenters. The van der Waals surface area contributed by atoms with Gasteiger partial charge in [-0.1, -0.05) is 19.1 Å². The Labute approximate surface area is 169 Å². The van der Waals surface area contributed by atoms with Gasteiger partial charge in [0.2, 0.25) is 0 Å². The number of carbonyl (C=O) groups excluding carboxylic acids is 1. The Kier molecular flexibility index (Phi) is 6.89. The number of anilines is 1. The monoisotopic (exact) mass is 399 g/mol. The molecule has 0 spiro atoms. The molecule has 2 aromatic rings. The maximum Gasteiger partial charge on any atom is 0.292 e. The molecular weight excluding hydrogens is 374 g/mol. The first-order valence-corrected chi connectivity index (χ1v) is 9.70. The maximum atomic E-state index is 12.4. The van der Waals surface area contributed by atoms with Crippen LogP contribution in [0, 0.1) is 10.1 Å². The van der Waals surface area contributed by atoms with Crippen LogP contribution in [0.1, 0.15) is 13.3 Å². The van der Waals surface area contributed by atoms with Crippen molar-refractivity contribution in [2.75, 3.05) is 44.3 Å². The van der Waals surface area contributed by atoms with Crippen LogP contribution in [0.15, 0.2) is 48.5 Å². The molecule has 0 radical (unpaired) electrons. The van der Waals surface area contributed by atoms with Crippen molar-refractivity contribution in [3.05, 3.63) is 58.6 Å². The Hall–Kier alpha value is -3.29. The van der Waals surface area contributed by atoms with Crippen LogP contribution in [0.5, 0.6) is 11.5 Å². The highest BCUT2D eigenvalue weighted by Gasteiger charge is 2.25. The number of hydrogen-bond acceptors (Lipinski definition) is 6. The minimum absolute atomic E-state index is 0.0410. The van der Waals surface area contributed by atoms with Gasteiger partial charge in [-0.3, -0.25) is 14.9 Å². The van der Waals surface area contributed by atoms with E-state index in [9.17, 15) is 14.9 Å². The van der Waals surface area contributed by atoms with E-state index in [0.29, 0.717) is 44.2 Å². The number of piperazine rings is 1. The second kappa shape index (κ2) is 9.77. The molecule has 1 fully saturated rings. The highest BCUT2D eigenvalue weighted by molar-refractivity contribution is 5.78. The number of carbonyl (C=O) groups is 1. The van der Waals surface area contributed by atoms with E-state index in [1.807, 2.05) is 24.0 Å². The largest absolute Gasteiger partial charge is 0.494 e. The zero-order valence-electron chi connectivity index (χ0n) is 16.5. The first kappa shape index (κ1) is 20.4. The Bertz CT molecular complexity index is 832. The van der Waals surface area contributed by atoms with Crippen LogP contribution < -0.4 is 14.4 Å². The number of nitro benzene ring substituents is 1. The number of nitro groups is 1. The van der Waals surface area contributed by atoms with Gasteiger partial charge in [-0.05, 0) is 36.8 Å². The third-order valence-electron chi connectivity index (χ3n) is 4.71. The Morgan fingerprint density at radius 3 is 2.24 bits per heavy atom. The topological polar surface area (TPSA) is 85.2 Å². The summed E-state index contributed by atoms with van der Waals surface area (Å²) in [6.45, 7) is 4.75. The number of amides is 1. The van der Waals surface area contributed by atoms with Gasteiger partial charge < -0.3 is 19.3 Å². The second-order valence-corrected chi connectivity index (χ2v) is 6.72. The van der Waals surface area contributed by atoms with Gasteiger partial charge in [0.05, 0.1) is 11.5 Å². The molecule has 8 nitrogen and oxygen atoms in total. The minimum atomic E-state index is -0.376. The number of benzene rings is 2. The van der Waals surface area contributed by atoms with Gasteiger partial charge in [0.1, 0.15) is 17.2 Å². The summed E-state index contributed by atoms with van der Waals surface area (Å²) in [6.07, 6.45) is 0.942. The maximum absolute atomic E-state index is 12.4. The Morgan fingerprint density at radius 1 is 1.00 bits per heavy atom. The normalized spacial score (nSPS) is 13.8. The minimum Gasteiger partial charge on any atom is -0.494 e. The zero-order valence-corrected chi connectivity index (χ0v) is 16.5. The van der Waals surface area contributed by atoms with Gasteiger partial charge in [0.25, 0.3) is 11.6 Å². The van der Waals surface area contributed by atoms with Gasteiger partial charge in [-0.15, -0.1) is 0 Å². The van der Waals surface area contributed by atoms with E-state index >= 15 is 0 Å². The van der Waals surface area contributed by atoms with E-state index in [0.717, 1.165) is 12.2 Å². The van der Waals surface area contributed by atoms with Crippen molar-refractivity contribution in [1.29, 1.82) is 0 Å². The standard InChI is InChI=1S/C21H25N3O5/c1-2-15-28-17-7-9-18(10-8-17)29-16-21(25)23-13-11-22(12-14-23)19-5-3-4-6-20(19)24(26)27/h3-10H,2,11-16H2,1H3. The molecule has 1 saturated heterocycles. The lowest BCUT2D eigenvalue weighted by Gasteiger charge is -2.35. The molecule has 0 bridgehead atoms. The van der Waals surface area contributed by atoms with Crippen LogP contribution in [0.25, 0.3) is 0 Å². The number of para-hydroxylation sites is 2. The van der Waals surface area contributed by atoms with E-state index in [1.165, 1.54) is 6.07 Å². The highest BCUT2D eigenvalue weighted by Crippen LogP contribution is 2.28. The van der Waals surface area contributed by atoms with Crippen LogP contribution in [0.4, 0.5) is 11.4 Å². The van der Waals surface area contributed by atoms with E-state index in [1.54, 1.807) is 35.2 Å². The molecule has 1 heterocycles. The summed E-state index contributed by atoms with van der Waals surface area (Å²) in [6, 6.07) is 13.9. The summed E-state index contributed by atoms with van der Waals surface area (Å²) < 4.78 is 11.1. The molecule has 0 atom stereocenters. The van der Waals surface area contributed by atoms with Gasteiger partial charge in [0, 0.05) is 32.2 Å². The smallest absolute Gasteiger partial charge is 0.292 e. The molecule has 0 aliphatic carbocycles. The lowest BCUT2D eigenvalue weighted by atomic mass is 10.2. The fraction of sp³-hybridized carbons (Fsp3) is 0.381. The van der Waals surface area contributed by atoms with Crippen LogP contribution in [-0.4, -0.2) is 55.1 Å². The van der Waals surface area contributed by atoms with Crippen molar-refractivity contribution in [3.63, 3.8) is 0 Å². The van der Waals surface area contributed by atoms with E-state index in [4.69, 9.17) is 9.47 Å². The van der Waals surface area contributed by atoms with Crippen molar-refractivity contribution < 1.29 is 19.2 Å². The van der Waals surface area contributed by atoms with E-state index < -0.39 is 0 Å². The first-order chi connectivity index (χ1) is 14.1. The SMILES string of the molecule is CCCOc1ccc(OCC(=O)N2CCN(c3ccccc3[N+](=O)[O-])CC2)cc1. The van der Waals surface area contributed by atoms with Crippen molar-refractivity contribution in [3.8, 4) is 11.5 Å². The fourth-order valence-electron chi connectivity index (χ4n) is 3.17. The first-order valence-electron chi connectivity index (χ1n) is 9.70. The van der Waals surface area contributed by atoms with Gasteiger partial charge in [-0.2, -0.15) is 0 Å². The summed E-state index contributed by atoms with van der Waals surface area (Å²) >= 11 is 0. The molecule has 0 N–H and O–H groups in total. The van der Waals surface area contributed by atoms with E-state index in [2.05, 4.69) is 0 Å². The third kappa shape index (κ3) is 5.37. The average Bonchev–Trinajstić information content (AvgIpc) is 2.77. The number of hydrogen-bond donors (Lipinski definition) is 0. The van der Waals surface area contributed by atoms with Gasteiger partial charge in [0.15, 0.2) is 6.61 Å². The van der Waals surface area contributed by atoms with Crippen LogP contribution >= 0.6 is 0 Å². The summed E-state index contributed by atoms with van der Waals surface area (Å²) in [5.41, 5.74) is 0.674. The molecule has 29 heavy (non-hydrogen) atoms. The molecule has 0 saturated carbocycles. The second-order valence-electron chi connectivity index (χ2n) is 6.72. The molecule has 154 valence electrons. The molecule has 8 heteroatoms. The summed E-state index contributed by atoms with van der Waals surface area (Å²) in [5.74, 6) is 1.29. The van der Waals surface area contributed by atoms with Crippen molar-refractivity contribution >= 4 is 17.3 Å². The van der Waals surface area contributed by atoms with Crippen molar-refractivity contribution in [2.24, 2.45) is 0 Å². The number of rotatable bonds is 8. The summed E-state index contributed by atoms with van der Waals surface area (Å²) in [5, 5.41) is 11.2. The van der Waals surface area contributed by atoms with Crippen molar-refractivity contribution in [2.45, 2.75) is 13.3 Å². The molecule has 1 amide bonds. The third-order valence-corrected chi connectivity index (χ3v) is 4.71. The molecular formula is C21H25N3O5. The molecule has 0 aromatic heterocycles. The highest BCUT2D eigenvalue weighted by atomic mass is 16.6. The van der Waals surface area contributed by atoms with Crippen LogP contribution in [-0.2, 0) is 4.79 Å². The summed E-state index contributed by atoms with van der Waals surface area (Å²) in [7, 11) is 0. The van der Waals surface area contributed by atoms with Crippen LogP contribution in [0.3, 0.4) is 0 Å². The molecule has 1 aliphatic rings. The van der Waals surface area contributed by atoms with E-state index in [-0.39, 0.29) is 23.1 Å².